The third-order valence-electron chi connectivity index (χ3n) is 5.24. The number of sulfone groups is 1. The average Bonchev–Trinajstić information content (AvgIpc) is 3.03. The first kappa shape index (κ1) is 24.1. The van der Waals surface area contributed by atoms with Crippen molar-refractivity contribution in [3.63, 3.8) is 0 Å². The van der Waals surface area contributed by atoms with E-state index in [1.54, 1.807) is 30.3 Å². The maximum absolute atomic E-state index is 13.1. The number of imidazole rings is 1. The summed E-state index contributed by atoms with van der Waals surface area (Å²) in [6, 6.07) is 14.0. The Labute approximate surface area is 197 Å². The Morgan fingerprint density at radius 1 is 1.03 bits per heavy atom. The van der Waals surface area contributed by atoms with E-state index in [-0.39, 0.29) is 17.9 Å². The van der Waals surface area contributed by atoms with Crippen LogP contribution in [0.1, 0.15) is 11.3 Å². The molecular formula is C23H18F3N3O5S. The van der Waals surface area contributed by atoms with Crippen LogP contribution in [0, 0.1) is 6.92 Å². The number of alkyl halides is 3. The number of aromatic nitrogens is 3. The van der Waals surface area contributed by atoms with Crippen molar-refractivity contribution < 1.29 is 31.4 Å². The van der Waals surface area contributed by atoms with Crippen molar-refractivity contribution in [1.82, 2.24) is 14.1 Å². The Hall–Kier alpha value is -4.06. The van der Waals surface area contributed by atoms with Gasteiger partial charge < -0.3 is 9.84 Å². The van der Waals surface area contributed by atoms with Gasteiger partial charge in [0.15, 0.2) is 5.75 Å². The highest BCUT2D eigenvalue weighted by Gasteiger charge is 2.46. The fourth-order valence-corrected chi connectivity index (χ4v) is 4.14. The number of halogens is 3. The van der Waals surface area contributed by atoms with Gasteiger partial charge in [-0.05, 0) is 49.4 Å². The molecule has 0 bridgehead atoms. The second-order valence-corrected chi connectivity index (χ2v) is 9.40. The molecule has 2 aromatic carbocycles. The number of benzene rings is 2. The Morgan fingerprint density at radius 2 is 1.69 bits per heavy atom. The lowest BCUT2D eigenvalue weighted by Gasteiger charge is -2.11. The Balaban J connectivity index is 1.70. The van der Waals surface area contributed by atoms with Gasteiger partial charge in [-0.2, -0.15) is 13.2 Å². The number of nitrogens with zero attached hydrogens (tertiary/aromatic N) is 3. The monoisotopic (exact) mass is 505 g/mol. The molecule has 182 valence electrons. The minimum absolute atomic E-state index is 0.00352. The first-order valence-corrected chi connectivity index (χ1v) is 11.6. The first-order chi connectivity index (χ1) is 16.5. The second-order valence-electron chi connectivity index (χ2n) is 7.45. The number of rotatable bonds is 6. The normalized spacial score (nSPS) is 12.0. The predicted octanol–water partition coefficient (Wildman–Crippen LogP) is 4.18. The lowest BCUT2D eigenvalue weighted by Crippen LogP contribution is -2.25. The molecule has 2 aromatic heterocycles. The summed E-state index contributed by atoms with van der Waals surface area (Å²) in [7, 11) is -5.54. The lowest BCUT2D eigenvalue weighted by atomic mass is 10.2. The standard InChI is InChI=1S/C23H18F3N3O5S/c1-15-21(30)29(17-7-9-19(10-8-17)35(32,33)23(24,25)26)22(31)28(15)14-16-11-12-27-13-20(16)34-18-5-3-2-4-6-18/h2-13,30H,14H2,1H3. The van der Waals surface area contributed by atoms with Crippen LogP contribution in [0.15, 0.2) is 82.7 Å². The Morgan fingerprint density at radius 3 is 2.31 bits per heavy atom. The third-order valence-corrected chi connectivity index (χ3v) is 6.74. The number of para-hydroxylation sites is 1. The molecule has 35 heavy (non-hydrogen) atoms. The summed E-state index contributed by atoms with van der Waals surface area (Å²) in [6.07, 6.45) is 3.00. The van der Waals surface area contributed by atoms with Crippen LogP contribution in [0.2, 0.25) is 0 Å². The SMILES string of the molecule is Cc1c(O)n(-c2ccc(S(=O)(=O)C(F)(F)F)cc2)c(=O)n1Cc1ccncc1Oc1ccccc1. The van der Waals surface area contributed by atoms with Crippen LogP contribution in [-0.2, 0) is 16.4 Å². The Kier molecular flexibility index (Phi) is 6.15. The molecule has 2 heterocycles. The molecule has 0 amide bonds. The number of hydrogen-bond acceptors (Lipinski definition) is 6. The summed E-state index contributed by atoms with van der Waals surface area (Å²) in [5.74, 6) is 0.500. The van der Waals surface area contributed by atoms with Crippen molar-refractivity contribution in [3.05, 3.63) is 94.8 Å². The van der Waals surface area contributed by atoms with Gasteiger partial charge in [0.05, 0.1) is 29.0 Å². The Bertz CT molecular complexity index is 1530. The molecule has 0 aliphatic carbocycles. The molecule has 8 nitrogen and oxygen atoms in total. The number of pyridine rings is 1. The zero-order valence-electron chi connectivity index (χ0n) is 18.1. The van der Waals surface area contributed by atoms with E-state index in [9.17, 15) is 31.5 Å². The van der Waals surface area contributed by atoms with Gasteiger partial charge in [0, 0.05) is 11.8 Å². The molecule has 0 saturated carbocycles. The van der Waals surface area contributed by atoms with Crippen LogP contribution >= 0.6 is 0 Å². The van der Waals surface area contributed by atoms with E-state index in [1.807, 2.05) is 6.07 Å². The minimum atomic E-state index is -5.54. The summed E-state index contributed by atoms with van der Waals surface area (Å²) in [6.45, 7) is 1.49. The topological polar surface area (TPSA) is 103 Å². The highest BCUT2D eigenvalue weighted by Crippen LogP contribution is 2.31. The van der Waals surface area contributed by atoms with Crippen LogP contribution < -0.4 is 10.4 Å². The largest absolute Gasteiger partial charge is 0.501 e. The van der Waals surface area contributed by atoms with Gasteiger partial charge in [0.25, 0.3) is 9.84 Å². The minimum Gasteiger partial charge on any atom is -0.493 e. The van der Waals surface area contributed by atoms with Gasteiger partial charge in [-0.25, -0.2) is 17.8 Å². The van der Waals surface area contributed by atoms with E-state index < -0.39 is 31.8 Å². The van der Waals surface area contributed by atoms with E-state index in [2.05, 4.69) is 4.98 Å². The molecule has 0 atom stereocenters. The van der Waals surface area contributed by atoms with Gasteiger partial charge in [-0.1, -0.05) is 18.2 Å². The van der Waals surface area contributed by atoms with Gasteiger partial charge >= 0.3 is 11.2 Å². The molecule has 0 radical (unpaired) electrons. The van der Waals surface area contributed by atoms with E-state index in [0.29, 0.717) is 17.1 Å². The fourth-order valence-electron chi connectivity index (χ4n) is 3.38. The number of aromatic hydroxyl groups is 1. The highest BCUT2D eigenvalue weighted by molar-refractivity contribution is 7.92. The highest BCUT2D eigenvalue weighted by atomic mass is 32.2. The predicted molar refractivity (Wildman–Crippen MR) is 120 cm³/mol. The summed E-state index contributed by atoms with van der Waals surface area (Å²) < 4.78 is 69.6. The van der Waals surface area contributed by atoms with E-state index in [0.717, 1.165) is 28.8 Å². The molecule has 1 N–H and O–H groups in total. The molecule has 0 saturated heterocycles. The number of ether oxygens (including phenoxy) is 1. The van der Waals surface area contributed by atoms with Gasteiger partial charge in [-0.15, -0.1) is 0 Å². The lowest BCUT2D eigenvalue weighted by molar-refractivity contribution is -0.0436. The van der Waals surface area contributed by atoms with Crippen LogP contribution in [0.4, 0.5) is 13.2 Å². The summed E-state index contributed by atoms with van der Waals surface area (Å²) in [4.78, 5) is 16.2. The van der Waals surface area contributed by atoms with Crippen LogP contribution in [-0.4, -0.2) is 33.2 Å². The molecule has 0 unspecified atom stereocenters. The van der Waals surface area contributed by atoms with Crippen molar-refractivity contribution in [3.8, 4) is 23.1 Å². The maximum atomic E-state index is 13.1. The first-order valence-electron chi connectivity index (χ1n) is 10.1. The van der Waals surface area contributed by atoms with E-state index in [4.69, 9.17) is 4.74 Å². The fraction of sp³-hybridized carbons (Fsp3) is 0.130. The van der Waals surface area contributed by atoms with Crippen LogP contribution in [0.5, 0.6) is 17.4 Å². The molecule has 4 aromatic rings. The van der Waals surface area contributed by atoms with Crippen LogP contribution in [0.3, 0.4) is 0 Å². The van der Waals surface area contributed by atoms with Crippen molar-refractivity contribution >= 4 is 9.84 Å². The van der Waals surface area contributed by atoms with Crippen molar-refractivity contribution in [1.29, 1.82) is 0 Å². The molecule has 0 fully saturated rings. The average molecular weight is 505 g/mol. The zero-order valence-corrected chi connectivity index (χ0v) is 18.9. The smallest absolute Gasteiger partial charge is 0.493 e. The molecule has 0 spiro atoms. The summed E-state index contributed by atoms with van der Waals surface area (Å²) in [5, 5.41) is 10.6. The van der Waals surface area contributed by atoms with Gasteiger partial charge in [0.2, 0.25) is 5.88 Å². The second kappa shape index (κ2) is 8.95. The molecular weight excluding hydrogens is 487 g/mol. The quantitative estimate of drug-likeness (QED) is 0.422. The molecule has 0 aliphatic rings. The van der Waals surface area contributed by atoms with Gasteiger partial charge in [-0.3, -0.25) is 9.55 Å². The van der Waals surface area contributed by atoms with Crippen molar-refractivity contribution in [2.24, 2.45) is 0 Å². The third kappa shape index (κ3) is 4.52. The summed E-state index contributed by atoms with van der Waals surface area (Å²) in [5.41, 5.74) is -5.39. The summed E-state index contributed by atoms with van der Waals surface area (Å²) >= 11 is 0. The van der Waals surface area contributed by atoms with Gasteiger partial charge in [0.1, 0.15) is 5.75 Å². The molecule has 4 rings (SSSR count). The van der Waals surface area contributed by atoms with E-state index in [1.165, 1.54) is 23.9 Å². The maximum Gasteiger partial charge on any atom is 0.501 e. The number of hydrogen-bond donors (Lipinski definition) is 1. The van der Waals surface area contributed by atoms with E-state index >= 15 is 0 Å². The zero-order chi connectivity index (χ0) is 25.4. The molecule has 0 aliphatic heterocycles. The van der Waals surface area contributed by atoms with Crippen molar-refractivity contribution in [2.45, 2.75) is 23.9 Å². The molecule has 12 heteroatoms. The van der Waals surface area contributed by atoms with Crippen molar-refractivity contribution in [2.75, 3.05) is 0 Å². The van der Waals surface area contributed by atoms with Crippen LogP contribution in [0.25, 0.3) is 5.69 Å².